The van der Waals surface area contributed by atoms with Crippen molar-refractivity contribution < 1.29 is 17.9 Å². The van der Waals surface area contributed by atoms with Crippen LogP contribution in [0.1, 0.15) is 30.9 Å². The van der Waals surface area contributed by atoms with Crippen molar-refractivity contribution in [3.8, 4) is 11.8 Å². The Morgan fingerprint density at radius 2 is 2.00 bits per heavy atom. The first-order valence-electron chi connectivity index (χ1n) is 7.15. The lowest BCUT2D eigenvalue weighted by atomic mass is 10.1. The molecule has 0 aliphatic carbocycles. The van der Waals surface area contributed by atoms with E-state index in [0.29, 0.717) is 12.8 Å². The normalized spacial score (nSPS) is 17.2. The zero-order chi connectivity index (χ0) is 16.3. The van der Waals surface area contributed by atoms with Crippen LogP contribution >= 0.6 is 0 Å². The lowest BCUT2D eigenvalue weighted by molar-refractivity contribution is -0.139. The lowest BCUT2D eigenvalue weighted by Gasteiger charge is -2.31. The molecule has 1 aromatic carbocycles. The number of halogens is 3. The third kappa shape index (κ3) is 3.63. The molecule has 1 heterocycles. The van der Waals surface area contributed by atoms with Gasteiger partial charge in [-0.05, 0) is 25.5 Å². The summed E-state index contributed by atoms with van der Waals surface area (Å²) < 4.78 is 44.9. The van der Waals surface area contributed by atoms with Crippen LogP contribution in [0, 0.1) is 11.3 Å². The van der Waals surface area contributed by atoms with E-state index in [9.17, 15) is 13.2 Å². The molecular weight excluding hydrogens is 295 g/mol. The molecule has 1 fully saturated rings. The molecule has 4 nitrogen and oxygen atoms in total. The van der Waals surface area contributed by atoms with Gasteiger partial charge in [0, 0.05) is 19.2 Å². The van der Waals surface area contributed by atoms with E-state index in [1.54, 1.807) is 6.07 Å². The number of anilines is 1. The van der Waals surface area contributed by atoms with Crippen LogP contribution in [-0.2, 0) is 6.18 Å². The summed E-state index contributed by atoms with van der Waals surface area (Å²) in [5.74, 6) is -0.293. The maximum absolute atomic E-state index is 13.1. The first kappa shape index (κ1) is 16.4. The summed E-state index contributed by atoms with van der Waals surface area (Å²) in [6, 6.07) is 3.53. The van der Waals surface area contributed by atoms with Crippen LogP contribution in [0.2, 0.25) is 0 Å². The van der Waals surface area contributed by atoms with E-state index in [4.69, 9.17) is 15.7 Å². The van der Waals surface area contributed by atoms with Gasteiger partial charge in [-0.3, -0.25) is 0 Å². The van der Waals surface area contributed by atoms with E-state index >= 15 is 0 Å². The Morgan fingerprint density at radius 3 is 2.50 bits per heavy atom. The number of nitrogen functional groups attached to an aromatic ring is 1. The average molecular weight is 313 g/mol. The Hall–Kier alpha value is -1.94. The second kappa shape index (κ2) is 6.44. The number of hydrogen-bond donors (Lipinski definition) is 1. The van der Waals surface area contributed by atoms with Crippen molar-refractivity contribution in [3.63, 3.8) is 0 Å². The zero-order valence-electron chi connectivity index (χ0n) is 12.3. The van der Waals surface area contributed by atoms with Crippen molar-refractivity contribution in [3.05, 3.63) is 23.3 Å². The van der Waals surface area contributed by atoms with Crippen LogP contribution in [0.15, 0.2) is 12.1 Å². The van der Waals surface area contributed by atoms with Crippen molar-refractivity contribution in [1.82, 2.24) is 4.90 Å². The molecule has 0 atom stereocenters. The standard InChI is InChI=1S/C15H18F3N3O/c1-2-21-5-3-11(4-6-21)22-14-8-13(20)10(9-19)7-12(14)15(16,17)18/h7-8,11H,2-6,20H2,1H3. The van der Waals surface area contributed by atoms with Crippen molar-refractivity contribution in [2.24, 2.45) is 0 Å². The van der Waals surface area contributed by atoms with Gasteiger partial charge in [0.25, 0.3) is 0 Å². The monoisotopic (exact) mass is 313 g/mol. The Kier molecular flexibility index (Phi) is 4.81. The molecule has 1 aliphatic rings. The van der Waals surface area contributed by atoms with E-state index in [2.05, 4.69) is 4.90 Å². The summed E-state index contributed by atoms with van der Waals surface area (Å²) in [7, 11) is 0. The van der Waals surface area contributed by atoms with Crippen molar-refractivity contribution in [1.29, 1.82) is 5.26 Å². The van der Waals surface area contributed by atoms with Gasteiger partial charge in [-0.25, -0.2) is 0 Å². The van der Waals surface area contributed by atoms with Crippen LogP contribution in [0.4, 0.5) is 18.9 Å². The summed E-state index contributed by atoms with van der Waals surface area (Å²) in [5, 5.41) is 8.83. The first-order valence-corrected chi connectivity index (χ1v) is 7.15. The number of hydrogen-bond acceptors (Lipinski definition) is 4. The molecule has 0 aromatic heterocycles. The molecule has 1 saturated heterocycles. The number of ether oxygens (including phenoxy) is 1. The number of alkyl halides is 3. The third-order valence-electron chi connectivity index (χ3n) is 3.85. The predicted molar refractivity (Wildman–Crippen MR) is 76.3 cm³/mol. The van der Waals surface area contributed by atoms with E-state index in [1.165, 1.54) is 0 Å². The topological polar surface area (TPSA) is 62.3 Å². The molecule has 2 N–H and O–H groups in total. The fraction of sp³-hybridized carbons (Fsp3) is 0.533. The van der Waals surface area contributed by atoms with E-state index in [0.717, 1.165) is 31.8 Å². The molecule has 0 unspecified atom stereocenters. The van der Waals surface area contributed by atoms with Gasteiger partial charge in [-0.2, -0.15) is 18.4 Å². The summed E-state index contributed by atoms with van der Waals surface area (Å²) >= 11 is 0. The van der Waals surface area contributed by atoms with Crippen LogP contribution in [0.5, 0.6) is 5.75 Å². The highest BCUT2D eigenvalue weighted by Crippen LogP contribution is 2.39. The van der Waals surface area contributed by atoms with Gasteiger partial charge < -0.3 is 15.4 Å². The molecular formula is C15H18F3N3O. The minimum atomic E-state index is -4.58. The Bertz CT molecular complexity index is 573. The number of nitrogens with two attached hydrogens (primary N) is 1. The Morgan fingerprint density at radius 1 is 1.36 bits per heavy atom. The smallest absolute Gasteiger partial charge is 0.420 e. The molecule has 0 bridgehead atoms. The van der Waals surface area contributed by atoms with Gasteiger partial charge in [-0.1, -0.05) is 6.92 Å². The van der Waals surface area contributed by atoms with E-state index < -0.39 is 11.7 Å². The van der Waals surface area contributed by atoms with Gasteiger partial charge in [0.1, 0.15) is 17.9 Å². The SMILES string of the molecule is CCN1CCC(Oc2cc(N)c(C#N)cc2C(F)(F)F)CC1. The van der Waals surface area contributed by atoms with Crippen molar-refractivity contribution in [2.75, 3.05) is 25.4 Å². The predicted octanol–water partition coefficient (Wildman–Crippen LogP) is 3.02. The summed E-state index contributed by atoms with van der Waals surface area (Å²) in [4.78, 5) is 2.22. The molecule has 0 radical (unpaired) electrons. The highest BCUT2D eigenvalue weighted by atomic mass is 19.4. The lowest BCUT2D eigenvalue weighted by Crippen LogP contribution is -2.38. The number of piperidine rings is 1. The third-order valence-corrected chi connectivity index (χ3v) is 3.85. The second-order valence-electron chi connectivity index (χ2n) is 5.30. The molecule has 0 spiro atoms. The van der Waals surface area contributed by atoms with Gasteiger partial charge in [0.15, 0.2) is 0 Å². The maximum atomic E-state index is 13.1. The largest absolute Gasteiger partial charge is 0.490 e. The second-order valence-corrected chi connectivity index (χ2v) is 5.30. The minimum absolute atomic E-state index is 0.00325. The van der Waals surface area contributed by atoms with Crippen molar-refractivity contribution >= 4 is 5.69 Å². The zero-order valence-corrected chi connectivity index (χ0v) is 12.3. The first-order chi connectivity index (χ1) is 10.3. The van der Waals surface area contributed by atoms with Gasteiger partial charge in [0.05, 0.1) is 16.8 Å². The number of nitrogens with zero attached hydrogens (tertiary/aromatic N) is 2. The highest BCUT2D eigenvalue weighted by Gasteiger charge is 2.36. The molecule has 0 amide bonds. The number of rotatable bonds is 3. The van der Waals surface area contributed by atoms with E-state index in [-0.39, 0.29) is 23.1 Å². The molecule has 2 rings (SSSR count). The fourth-order valence-corrected chi connectivity index (χ4v) is 2.53. The molecule has 120 valence electrons. The van der Waals surface area contributed by atoms with Crippen LogP contribution < -0.4 is 10.5 Å². The highest BCUT2D eigenvalue weighted by molar-refractivity contribution is 5.60. The average Bonchev–Trinajstić information content (AvgIpc) is 2.47. The quantitative estimate of drug-likeness (QED) is 0.871. The molecule has 7 heteroatoms. The molecule has 0 saturated carbocycles. The number of benzene rings is 1. The summed E-state index contributed by atoms with van der Waals surface area (Å²) in [5.41, 5.74) is 4.47. The molecule has 1 aromatic rings. The van der Waals surface area contributed by atoms with Crippen LogP contribution in [0.3, 0.4) is 0 Å². The molecule has 1 aliphatic heterocycles. The van der Waals surface area contributed by atoms with E-state index in [1.807, 2.05) is 6.92 Å². The molecule has 22 heavy (non-hydrogen) atoms. The maximum Gasteiger partial charge on any atom is 0.420 e. The number of likely N-dealkylation sites (tertiary alicyclic amines) is 1. The number of nitriles is 1. The summed E-state index contributed by atoms with van der Waals surface area (Å²) in [6.07, 6.45) is -3.51. The fourth-order valence-electron chi connectivity index (χ4n) is 2.53. The van der Waals surface area contributed by atoms with Gasteiger partial charge >= 0.3 is 6.18 Å². The van der Waals surface area contributed by atoms with Crippen molar-refractivity contribution in [2.45, 2.75) is 32.0 Å². The van der Waals surface area contributed by atoms with Gasteiger partial charge in [0.2, 0.25) is 0 Å². The van der Waals surface area contributed by atoms with Gasteiger partial charge in [-0.15, -0.1) is 0 Å². The Balaban J connectivity index is 2.23. The minimum Gasteiger partial charge on any atom is -0.490 e. The van der Waals surface area contributed by atoms with Crippen LogP contribution in [-0.4, -0.2) is 30.6 Å². The Labute approximate surface area is 127 Å². The summed E-state index contributed by atoms with van der Waals surface area (Å²) in [6.45, 7) is 4.57. The van der Waals surface area contributed by atoms with Crippen LogP contribution in [0.25, 0.3) is 0 Å².